The number of anilines is 2. The third-order valence-corrected chi connectivity index (χ3v) is 3.93. The summed E-state index contributed by atoms with van der Waals surface area (Å²) in [7, 11) is 0. The fourth-order valence-electron chi connectivity index (χ4n) is 1.98. The van der Waals surface area contributed by atoms with Gasteiger partial charge in [-0.2, -0.15) is 0 Å². The number of thiophene rings is 1. The molecular weight excluding hydrogens is 275 g/mol. The quantitative estimate of drug-likeness (QED) is 0.702. The number of benzene rings is 2. The fourth-order valence-corrected chi connectivity index (χ4v) is 2.92. The first kappa shape index (κ1) is 12.6. The van der Waals surface area contributed by atoms with Gasteiger partial charge in [0.25, 0.3) is 5.91 Å². The molecule has 5 heteroatoms. The third-order valence-electron chi connectivity index (χ3n) is 2.96. The summed E-state index contributed by atoms with van der Waals surface area (Å²) >= 11 is 1.48. The molecule has 3 N–H and O–H groups in total. The predicted octanol–water partition coefficient (Wildman–Crippen LogP) is 3.87. The zero-order valence-corrected chi connectivity index (χ0v) is 11.2. The van der Waals surface area contributed by atoms with Crippen LogP contribution in [0.15, 0.2) is 47.8 Å². The molecule has 20 heavy (non-hydrogen) atoms. The molecule has 1 heterocycles. The summed E-state index contributed by atoms with van der Waals surface area (Å²) in [6, 6.07) is 11.7. The van der Waals surface area contributed by atoms with Gasteiger partial charge in [0.1, 0.15) is 5.82 Å². The van der Waals surface area contributed by atoms with Crippen molar-refractivity contribution in [2.24, 2.45) is 0 Å². The zero-order chi connectivity index (χ0) is 14.1. The first-order valence-corrected chi connectivity index (χ1v) is 6.86. The molecule has 1 amide bonds. The molecule has 3 rings (SSSR count). The van der Waals surface area contributed by atoms with Crippen LogP contribution in [0.3, 0.4) is 0 Å². The second-order valence-corrected chi connectivity index (χ2v) is 5.25. The lowest BCUT2D eigenvalue weighted by Crippen LogP contribution is -2.12. The number of halogens is 1. The number of nitrogen functional groups attached to an aromatic ring is 1. The van der Waals surface area contributed by atoms with Crippen molar-refractivity contribution in [3.05, 3.63) is 59.2 Å². The second kappa shape index (κ2) is 4.94. The number of carbonyl (C=O) groups excluding carboxylic acids is 1. The standard InChI is InChI=1S/C15H11FN2OS/c16-12-6-5-9(17)7-13(12)18-15(19)11-8-20-14-4-2-1-3-10(11)14/h1-8H,17H2,(H,18,19). The van der Waals surface area contributed by atoms with E-state index in [0.717, 1.165) is 10.1 Å². The molecular formula is C15H11FN2OS. The van der Waals surface area contributed by atoms with Crippen LogP contribution < -0.4 is 11.1 Å². The molecule has 0 bridgehead atoms. The van der Waals surface area contributed by atoms with Gasteiger partial charge in [0.15, 0.2) is 0 Å². The van der Waals surface area contributed by atoms with E-state index in [1.54, 1.807) is 5.38 Å². The summed E-state index contributed by atoms with van der Waals surface area (Å²) in [4.78, 5) is 12.2. The Bertz CT molecular complexity index is 797. The molecule has 3 nitrogen and oxygen atoms in total. The van der Waals surface area contributed by atoms with Gasteiger partial charge in [-0.25, -0.2) is 4.39 Å². The van der Waals surface area contributed by atoms with Gasteiger partial charge < -0.3 is 11.1 Å². The smallest absolute Gasteiger partial charge is 0.257 e. The molecule has 0 spiro atoms. The van der Waals surface area contributed by atoms with Crippen molar-refractivity contribution in [1.82, 2.24) is 0 Å². The fraction of sp³-hybridized carbons (Fsp3) is 0. The number of hydrogen-bond acceptors (Lipinski definition) is 3. The van der Waals surface area contributed by atoms with E-state index >= 15 is 0 Å². The Kier molecular flexibility index (Phi) is 3.12. The van der Waals surface area contributed by atoms with E-state index in [-0.39, 0.29) is 11.6 Å². The van der Waals surface area contributed by atoms with Gasteiger partial charge in [0, 0.05) is 21.2 Å². The van der Waals surface area contributed by atoms with Crippen LogP contribution in [0.2, 0.25) is 0 Å². The van der Waals surface area contributed by atoms with Crippen LogP contribution >= 0.6 is 11.3 Å². The molecule has 1 aromatic heterocycles. The molecule has 0 radical (unpaired) electrons. The highest BCUT2D eigenvalue weighted by molar-refractivity contribution is 7.17. The molecule has 0 aliphatic heterocycles. The lowest BCUT2D eigenvalue weighted by atomic mass is 10.1. The van der Waals surface area contributed by atoms with Gasteiger partial charge in [-0.3, -0.25) is 4.79 Å². The van der Waals surface area contributed by atoms with Gasteiger partial charge in [-0.05, 0) is 24.3 Å². The zero-order valence-electron chi connectivity index (χ0n) is 10.4. The Balaban J connectivity index is 1.95. The molecule has 0 fully saturated rings. The van der Waals surface area contributed by atoms with Gasteiger partial charge in [-0.15, -0.1) is 11.3 Å². The number of amides is 1. The maximum absolute atomic E-state index is 13.6. The number of nitrogens with one attached hydrogen (secondary N) is 1. The normalized spacial score (nSPS) is 10.7. The first-order valence-electron chi connectivity index (χ1n) is 5.98. The van der Waals surface area contributed by atoms with E-state index in [1.165, 1.54) is 29.5 Å². The highest BCUT2D eigenvalue weighted by Gasteiger charge is 2.13. The van der Waals surface area contributed by atoms with Crippen molar-refractivity contribution in [3.8, 4) is 0 Å². The number of rotatable bonds is 2. The van der Waals surface area contributed by atoms with E-state index in [1.807, 2.05) is 24.3 Å². The van der Waals surface area contributed by atoms with Crippen LogP contribution in [0.4, 0.5) is 15.8 Å². The predicted molar refractivity (Wildman–Crippen MR) is 80.6 cm³/mol. The molecule has 0 saturated heterocycles. The summed E-state index contributed by atoms with van der Waals surface area (Å²) in [5.74, 6) is -0.848. The Morgan fingerprint density at radius 1 is 1.20 bits per heavy atom. The molecule has 0 atom stereocenters. The van der Waals surface area contributed by atoms with Crippen molar-refractivity contribution in [2.75, 3.05) is 11.1 Å². The minimum absolute atomic E-state index is 0.0882. The van der Waals surface area contributed by atoms with E-state index in [2.05, 4.69) is 5.32 Å². The first-order chi connectivity index (χ1) is 9.65. The summed E-state index contributed by atoms with van der Waals surface area (Å²) in [6.45, 7) is 0. The molecule has 0 saturated carbocycles. The summed E-state index contributed by atoms with van der Waals surface area (Å²) in [6.07, 6.45) is 0. The van der Waals surface area contributed by atoms with Crippen molar-refractivity contribution >= 4 is 38.7 Å². The van der Waals surface area contributed by atoms with E-state index < -0.39 is 5.82 Å². The number of hydrogen-bond donors (Lipinski definition) is 2. The van der Waals surface area contributed by atoms with Crippen LogP contribution in [0, 0.1) is 5.82 Å². The Morgan fingerprint density at radius 2 is 2.00 bits per heavy atom. The second-order valence-electron chi connectivity index (χ2n) is 4.34. The molecule has 0 unspecified atom stereocenters. The van der Waals surface area contributed by atoms with E-state index in [0.29, 0.717) is 11.3 Å². The highest BCUT2D eigenvalue weighted by atomic mass is 32.1. The van der Waals surface area contributed by atoms with Crippen molar-refractivity contribution < 1.29 is 9.18 Å². The lowest BCUT2D eigenvalue weighted by Gasteiger charge is -2.06. The molecule has 2 aromatic carbocycles. The van der Waals surface area contributed by atoms with Gasteiger partial charge >= 0.3 is 0 Å². The maximum Gasteiger partial charge on any atom is 0.257 e. The van der Waals surface area contributed by atoms with E-state index in [9.17, 15) is 9.18 Å². The molecule has 3 aromatic rings. The van der Waals surface area contributed by atoms with Crippen LogP contribution in [0.1, 0.15) is 10.4 Å². The van der Waals surface area contributed by atoms with Crippen molar-refractivity contribution in [1.29, 1.82) is 0 Å². The summed E-state index contributed by atoms with van der Waals surface area (Å²) in [5.41, 5.74) is 6.62. The number of nitrogens with two attached hydrogens (primary N) is 1. The third kappa shape index (κ3) is 2.23. The minimum atomic E-state index is -0.507. The van der Waals surface area contributed by atoms with E-state index in [4.69, 9.17) is 5.73 Å². The lowest BCUT2D eigenvalue weighted by molar-refractivity contribution is 0.102. The van der Waals surface area contributed by atoms with Gasteiger partial charge in [0.2, 0.25) is 0 Å². The van der Waals surface area contributed by atoms with Crippen LogP contribution in [0.25, 0.3) is 10.1 Å². The molecule has 100 valence electrons. The highest BCUT2D eigenvalue weighted by Crippen LogP contribution is 2.27. The van der Waals surface area contributed by atoms with Crippen LogP contribution in [0.5, 0.6) is 0 Å². The Morgan fingerprint density at radius 3 is 2.85 bits per heavy atom. The summed E-state index contributed by atoms with van der Waals surface area (Å²) < 4.78 is 14.6. The van der Waals surface area contributed by atoms with Gasteiger partial charge in [-0.1, -0.05) is 18.2 Å². The van der Waals surface area contributed by atoms with Gasteiger partial charge in [0.05, 0.1) is 11.3 Å². The Labute approximate surface area is 118 Å². The average Bonchev–Trinajstić information content (AvgIpc) is 2.87. The monoisotopic (exact) mass is 286 g/mol. The molecule has 0 aliphatic rings. The molecule has 0 aliphatic carbocycles. The number of carbonyl (C=O) groups is 1. The van der Waals surface area contributed by atoms with Crippen LogP contribution in [-0.4, -0.2) is 5.91 Å². The SMILES string of the molecule is Nc1ccc(F)c(NC(=O)c2csc3ccccc23)c1. The van der Waals surface area contributed by atoms with Crippen LogP contribution in [-0.2, 0) is 0 Å². The van der Waals surface area contributed by atoms with Crippen molar-refractivity contribution in [3.63, 3.8) is 0 Å². The number of fused-ring (bicyclic) bond motifs is 1. The topological polar surface area (TPSA) is 55.1 Å². The minimum Gasteiger partial charge on any atom is -0.399 e. The maximum atomic E-state index is 13.6. The van der Waals surface area contributed by atoms with Crippen molar-refractivity contribution in [2.45, 2.75) is 0 Å². The Hall–Kier alpha value is -2.40. The summed E-state index contributed by atoms with van der Waals surface area (Å²) in [5, 5.41) is 5.19. The average molecular weight is 286 g/mol. The largest absolute Gasteiger partial charge is 0.399 e.